The van der Waals surface area contributed by atoms with Crippen molar-refractivity contribution in [2.24, 2.45) is 0 Å². The number of aliphatic hydroxyl groups excluding tert-OH is 1. The first kappa shape index (κ1) is 18.2. The molecule has 0 saturated heterocycles. The van der Waals surface area contributed by atoms with Crippen molar-refractivity contribution in [3.63, 3.8) is 0 Å². The fourth-order valence-electron chi connectivity index (χ4n) is 2.67. The summed E-state index contributed by atoms with van der Waals surface area (Å²) in [7, 11) is 0. The molecule has 1 N–H and O–H groups in total. The van der Waals surface area contributed by atoms with Crippen molar-refractivity contribution in [3.05, 3.63) is 83.2 Å². The molecule has 0 aliphatic carbocycles. The Morgan fingerprint density at radius 3 is 2.23 bits per heavy atom. The first-order valence-electron chi connectivity index (χ1n) is 8.89. The van der Waals surface area contributed by atoms with E-state index in [0.29, 0.717) is 13.2 Å². The fraction of sp³-hybridized carbons (Fsp3) is 0.318. The molecule has 0 saturated carbocycles. The van der Waals surface area contributed by atoms with Crippen molar-refractivity contribution >= 4 is 0 Å². The van der Waals surface area contributed by atoms with Crippen LogP contribution in [0, 0.1) is 0 Å². The lowest BCUT2D eigenvalue weighted by Gasteiger charge is -2.14. The molecule has 3 rings (SSSR count). The standard InChI is InChI=1S/C22H26N2O2/c1-22(2,3)21-13-19(16-26-20-7-5-4-6-8-20)24(23-21)14-17-9-11-18(15-25)12-10-17/h4-13,25H,14-16H2,1-3H3. The third-order valence-corrected chi connectivity index (χ3v) is 4.30. The molecule has 0 unspecified atom stereocenters. The number of hydrogen-bond donors (Lipinski definition) is 1. The third-order valence-electron chi connectivity index (χ3n) is 4.30. The maximum absolute atomic E-state index is 9.20. The van der Waals surface area contributed by atoms with Crippen LogP contribution in [-0.2, 0) is 25.2 Å². The van der Waals surface area contributed by atoms with Gasteiger partial charge >= 0.3 is 0 Å². The van der Waals surface area contributed by atoms with Gasteiger partial charge < -0.3 is 9.84 Å². The van der Waals surface area contributed by atoms with Crippen LogP contribution in [0.4, 0.5) is 0 Å². The minimum absolute atomic E-state index is 0.0203. The molecule has 3 aromatic rings. The summed E-state index contributed by atoms with van der Waals surface area (Å²) in [6.45, 7) is 7.70. The van der Waals surface area contributed by atoms with Crippen LogP contribution in [0.1, 0.15) is 43.3 Å². The highest BCUT2D eigenvalue weighted by molar-refractivity contribution is 5.25. The summed E-state index contributed by atoms with van der Waals surface area (Å²) in [6, 6.07) is 19.9. The number of benzene rings is 2. The predicted molar refractivity (Wildman–Crippen MR) is 103 cm³/mol. The molecule has 2 aromatic carbocycles. The van der Waals surface area contributed by atoms with Gasteiger partial charge in [-0.05, 0) is 29.3 Å². The van der Waals surface area contributed by atoms with Gasteiger partial charge in [0.15, 0.2) is 0 Å². The first-order valence-corrected chi connectivity index (χ1v) is 8.89. The minimum Gasteiger partial charge on any atom is -0.487 e. The molecule has 0 bridgehead atoms. The molecular formula is C22H26N2O2. The van der Waals surface area contributed by atoms with Crippen molar-refractivity contribution in [2.45, 2.75) is 45.9 Å². The van der Waals surface area contributed by atoms with Crippen LogP contribution in [0.3, 0.4) is 0 Å². The number of hydrogen-bond acceptors (Lipinski definition) is 3. The van der Waals surface area contributed by atoms with Crippen molar-refractivity contribution in [1.82, 2.24) is 9.78 Å². The normalized spacial score (nSPS) is 11.5. The van der Waals surface area contributed by atoms with Crippen LogP contribution in [0.15, 0.2) is 60.7 Å². The Morgan fingerprint density at radius 2 is 1.62 bits per heavy atom. The Labute approximate surface area is 155 Å². The van der Waals surface area contributed by atoms with Gasteiger partial charge in [-0.1, -0.05) is 63.2 Å². The van der Waals surface area contributed by atoms with Gasteiger partial charge in [0.1, 0.15) is 12.4 Å². The summed E-state index contributed by atoms with van der Waals surface area (Å²) in [5.41, 5.74) is 4.14. The average molecular weight is 350 g/mol. The number of aliphatic hydroxyl groups is 1. The van der Waals surface area contributed by atoms with Gasteiger partial charge in [0.05, 0.1) is 24.5 Å². The zero-order chi connectivity index (χ0) is 18.6. The van der Waals surface area contributed by atoms with E-state index in [1.54, 1.807) is 0 Å². The minimum atomic E-state index is -0.0203. The molecular weight excluding hydrogens is 324 g/mol. The van der Waals surface area contributed by atoms with Crippen molar-refractivity contribution in [3.8, 4) is 5.75 Å². The number of ether oxygens (including phenoxy) is 1. The predicted octanol–water partition coefficient (Wildman–Crippen LogP) is 4.30. The zero-order valence-corrected chi connectivity index (χ0v) is 15.6. The second-order valence-electron chi connectivity index (χ2n) is 7.50. The molecule has 26 heavy (non-hydrogen) atoms. The van der Waals surface area contributed by atoms with E-state index in [9.17, 15) is 5.11 Å². The van der Waals surface area contributed by atoms with E-state index >= 15 is 0 Å². The summed E-state index contributed by atoms with van der Waals surface area (Å²) in [4.78, 5) is 0. The second-order valence-corrected chi connectivity index (χ2v) is 7.50. The zero-order valence-electron chi connectivity index (χ0n) is 15.6. The van der Waals surface area contributed by atoms with Gasteiger partial charge in [-0.3, -0.25) is 4.68 Å². The average Bonchev–Trinajstić information content (AvgIpc) is 3.05. The van der Waals surface area contributed by atoms with E-state index in [2.05, 4.69) is 26.8 Å². The molecule has 4 nitrogen and oxygen atoms in total. The SMILES string of the molecule is CC(C)(C)c1cc(COc2ccccc2)n(Cc2ccc(CO)cc2)n1. The molecule has 1 heterocycles. The summed E-state index contributed by atoms with van der Waals surface area (Å²) in [5, 5.41) is 14.0. The van der Waals surface area contributed by atoms with Gasteiger partial charge in [-0.2, -0.15) is 5.10 Å². The number of aromatic nitrogens is 2. The Balaban J connectivity index is 1.82. The number of para-hydroxylation sites is 1. The molecule has 0 atom stereocenters. The van der Waals surface area contributed by atoms with E-state index in [1.807, 2.05) is 59.3 Å². The Morgan fingerprint density at radius 1 is 0.962 bits per heavy atom. The summed E-state index contributed by atoms with van der Waals surface area (Å²) < 4.78 is 7.95. The van der Waals surface area contributed by atoms with Crippen molar-refractivity contribution in [2.75, 3.05) is 0 Å². The topological polar surface area (TPSA) is 47.3 Å². The largest absolute Gasteiger partial charge is 0.487 e. The maximum atomic E-state index is 9.20. The van der Waals surface area contributed by atoms with Crippen molar-refractivity contribution in [1.29, 1.82) is 0 Å². The highest BCUT2D eigenvalue weighted by atomic mass is 16.5. The van der Waals surface area contributed by atoms with Gasteiger partial charge in [0.25, 0.3) is 0 Å². The highest BCUT2D eigenvalue weighted by Crippen LogP contribution is 2.23. The van der Waals surface area contributed by atoms with Gasteiger partial charge in [-0.15, -0.1) is 0 Å². The molecule has 0 fully saturated rings. The molecule has 0 radical (unpaired) electrons. The summed E-state index contributed by atoms with van der Waals surface area (Å²) in [5.74, 6) is 0.852. The Hall–Kier alpha value is -2.59. The van der Waals surface area contributed by atoms with E-state index in [4.69, 9.17) is 9.84 Å². The fourth-order valence-corrected chi connectivity index (χ4v) is 2.67. The van der Waals surface area contributed by atoms with Crippen LogP contribution in [-0.4, -0.2) is 14.9 Å². The van der Waals surface area contributed by atoms with Crippen LogP contribution >= 0.6 is 0 Å². The van der Waals surface area contributed by atoms with E-state index in [1.165, 1.54) is 0 Å². The maximum Gasteiger partial charge on any atom is 0.130 e. The Bertz CT molecular complexity index is 831. The molecule has 0 aliphatic heterocycles. The smallest absolute Gasteiger partial charge is 0.130 e. The number of nitrogens with zero attached hydrogens (tertiary/aromatic N) is 2. The lowest BCUT2D eigenvalue weighted by Crippen LogP contribution is -2.13. The van der Waals surface area contributed by atoms with Crippen LogP contribution in [0.2, 0.25) is 0 Å². The quantitative estimate of drug-likeness (QED) is 0.721. The second kappa shape index (κ2) is 7.75. The summed E-state index contributed by atoms with van der Waals surface area (Å²) >= 11 is 0. The lowest BCUT2D eigenvalue weighted by molar-refractivity contribution is 0.282. The molecule has 0 spiro atoms. The molecule has 4 heteroatoms. The first-order chi connectivity index (χ1) is 12.5. The monoisotopic (exact) mass is 350 g/mol. The van der Waals surface area contributed by atoms with Gasteiger partial charge in [0, 0.05) is 5.41 Å². The Kier molecular flexibility index (Phi) is 5.43. The van der Waals surface area contributed by atoms with E-state index in [0.717, 1.165) is 28.3 Å². The van der Waals surface area contributed by atoms with Crippen LogP contribution in [0.25, 0.3) is 0 Å². The van der Waals surface area contributed by atoms with E-state index < -0.39 is 0 Å². The van der Waals surface area contributed by atoms with Crippen LogP contribution < -0.4 is 4.74 Å². The van der Waals surface area contributed by atoms with Crippen LogP contribution in [0.5, 0.6) is 5.75 Å². The van der Waals surface area contributed by atoms with Gasteiger partial charge in [0.2, 0.25) is 0 Å². The number of rotatable bonds is 6. The molecule has 0 aliphatic rings. The van der Waals surface area contributed by atoms with Gasteiger partial charge in [-0.25, -0.2) is 0 Å². The molecule has 0 amide bonds. The third kappa shape index (κ3) is 4.52. The molecule has 1 aromatic heterocycles. The molecule has 136 valence electrons. The van der Waals surface area contributed by atoms with E-state index in [-0.39, 0.29) is 12.0 Å². The highest BCUT2D eigenvalue weighted by Gasteiger charge is 2.20. The lowest BCUT2D eigenvalue weighted by atomic mass is 9.92. The van der Waals surface area contributed by atoms with Crippen molar-refractivity contribution < 1.29 is 9.84 Å². The summed E-state index contributed by atoms with van der Waals surface area (Å²) in [6.07, 6.45) is 0.